The molecule has 0 aliphatic heterocycles. The zero-order chi connectivity index (χ0) is 11.5. The molecule has 0 saturated carbocycles. The predicted molar refractivity (Wildman–Crippen MR) is 64.8 cm³/mol. The van der Waals surface area contributed by atoms with Crippen molar-refractivity contribution in [1.29, 1.82) is 0 Å². The van der Waals surface area contributed by atoms with Gasteiger partial charge in [0, 0.05) is 31.6 Å². The molecule has 3 heterocycles. The highest BCUT2D eigenvalue weighted by Gasteiger charge is 2.03. The molecule has 2 N–H and O–H groups in total. The fourth-order valence-corrected chi connectivity index (χ4v) is 1.77. The molecule has 0 aromatic carbocycles. The number of nitrogens with one attached hydrogen (secondary N) is 2. The number of nitrogens with zero attached hydrogens (tertiary/aromatic N) is 2. The van der Waals surface area contributed by atoms with Gasteiger partial charge < -0.3 is 14.7 Å². The van der Waals surface area contributed by atoms with Crippen LogP contribution in [-0.4, -0.2) is 21.5 Å². The molecule has 0 unspecified atom stereocenters. The van der Waals surface area contributed by atoms with Crippen molar-refractivity contribution in [2.45, 2.75) is 6.42 Å². The van der Waals surface area contributed by atoms with Crippen LogP contribution in [-0.2, 0) is 6.42 Å². The van der Waals surface area contributed by atoms with E-state index in [0.717, 1.165) is 35.6 Å². The van der Waals surface area contributed by atoms with Crippen LogP contribution in [0.15, 0.2) is 41.4 Å². The van der Waals surface area contributed by atoms with Crippen molar-refractivity contribution in [2.24, 2.45) is 0 Å². The van der Waals surface area contributed by atoms with Gasteiger partial charge in [0.1, 0.15) is 17.2 Å². The Morgan fingerprint density at radius 3 is 3.12 bits per heavy atom. The summed E-state index contributed by atoms with van der Waals surface area (Å²) < 4.78 is 5.31. The van der Waals surface area contributed by atoms with Crippen LogP contribution in [0.3, 0.4) is 0 Å². The van der Waals surface area contributed by atoms with Gasteiger partial charge in [-0.15, -0.1) is 0 Å². The molecule has 0 spiro atoms. The van der Waals surface area contributed by atoms with Gasteiger partial charge in [-0.3, -0.25) is 0 Å². The van der Waals surface area contributed by atoms with Crippen molar-refractivity contribution in [3.05, 3.63) is 42.8 Å². The summed E-state index contributed by atoms with van der Waals surface area (Å²) in [6.45, 7) is 0.783. The lowest BCUT2D eigenvalue weighted by atomic mass is 10.3. The Bertz CT molecular complexity index is 600. The fourth-order valence-electron chi connectivity index (χ4n) is 1.77. The van der Waals surface area contributed by atoms with Gasteiger partial charge in [-0.1, -0.05) is 0 Å². The molecular formula is C12H12N4O. The summed E-state index contributed by atoms with van der Waals surface area (Å²) in [4.78, 5) is 11.5. The van der Waals surface area contributed by atoms with Crippen molar-refractivity contribution >= 4 is 16.8 Å². The lowest BCUT2D eigenvalue weighted by molar-refractivity contribution is 0.615. The van der Waals surface area contributed by atoms with Gasteiger partial charge in [-0.05, 0) is 12.1 Å². The predicted octanol–water partition coefficient (Wildman–Crippen LogP) is 2.21. The summed E-state index contributed by atoms with van der Waals surface area (Å²) in [5.74, 6) is 1.82. The van der Waals surface area contributed by atoms with Crippen LogP contribution in [0.1, 0.15) is 5.82 Å². The molecule has 0 saturated heterocycles. The van der Waals surface area contributed by atoms with Gasteiger partial charge in [0.05, 0.1) is 11.6 Å². The molecule has 0 bridgehead atoms. The number of hydrogen-bond acceptors (Lipinski definition) is 4. The van der Waals surface area contributed by atoms with Gasteiger partial charge in [-0.2, -0.15) is 0 Å². The molecule has 0 fully saturated rings. The van der Waals surface area contributed by atoms with Gasteiger partial charge >= 0.3 is 0 Å². The standard InChI is InChI=1S/C12H12N4O/c1-4-15-12(9-3-8-17-10(1)9)16-5-2-11-13-6-7-14-11/h1,3-4,6-8H,2,5H2,(H,13,14)(H,15,16). The zero-order valence-corrected chi connectivity index (χ0v) is 9.18. The lowest BCUT2D eigenvalue weighted by Crippen LogP contribution is -2.07. The number of anilines is 1. The van der Waals surface area contributed by atoms with Crippen LogP contribution >= 0.6 is 0 Å². The normalized spacial score (nSPS) is 10.8. The van der Waals surface area contributed by atoms with E-state index in [1.54, 1.807) is 18.7 Å². The average Bonchev–Trinajstić information content (AvgIpc) is 2.99. The molecule has 0 radical (unpaired) electrons. The van der Waals surface area contributed by atoms with Crippen molar-refractivity contribution < 1.29 is 4.42 Å². The van der Waals surface area contributed by atoms with Crippen LogP contribution in [0.5, 0.6) is 0 Å². The third kappa shape index (κ3) is 1.99. The topological polar surface area (TPSA) is 66.7 Å². The number of aromatic amines is 1. The monoisotopic (exact) mass is 228 g/mol. The Balaban J connectivity index is 1.70. The van der Waals surface area contributed by atoms with E-state index in [0.29, 0.717) is 0 Å². The van der Waals surface area contributed by atoms with E-state index >= 15 is 0 Å². The largest absolute Gasteiger partial charge is 0.464 e. The van der Waals surface area contributed by atoms with Gasteiger partial charge in [-0.25, -0.2) is 9.97 Å². The van der Waals surface area contributed by atoms with Crippen LogP contribution in [0, 0.1) is 0 Å². The SMILES string of the molecule is c1c[nH]c(CCNc2nccc3occc23)n1. The second-order valence-electron chi connectivity index (χ2n) is 3.70. The number of pyridine rings is 1. The number of imidazole rings is 1. The van der Waals surface area contributed by atoms with Crippen molar-refractivity contribution in [3.8, 4) is 0 Å². The molecule has 3 aromatic rings. The van der Waals surface area contributed by atoms with E-state index in [4.69, 9.17) is 4.42 Å². The van der Waals surface area contributed by atoms with Crippen LogP contribution in [0.2, 0.25) is 0 Å². The molecule has 3 aromatic heterocycles. The number of fused-ring (bicyclic) bond motifs is 1. The minimum Gasteiger partial charge on any atom is -0.464 e. The quantitative estimate of drug-likeness (QED) is 0.718. The average molecular weight is 228 g/mol. The minimum atomic E-state index is 0.783. The number of rotatable bonds is 4. The Morgan fingerprint density at radius 2 is 2.24 bits per heavy atom. The van der Waals surface area contributed by atoms with Crippen LogP contribution < -0.4 is 5.32 Å². The first-order chi connectivity index (χ1) is 8.43. The van der Waals surface area contributed by atoms with E-state index in [9.17, 15) is 0 Å². The maximum Gasteiger partial charge on any atom is 0.139 e. The Morgan fingerprint density at radius 1 is 1.24 bits per heavy atom. The number of furan rings is 1. The fraction of sp³-hybridized carbons (Fsp3) is 0.167. The molecule has 0 amide bonds. The minimum absolute atomic E-state index is 0.783. The van der Waals surface area contributed by atoms with Crippen molar-refractivity contribution in [1.82, 2.24) is 15.0 Å². The van der Waals surface area contributed by atoms with Crippen LogP contribution in [0.4, 0.5) is 5.82 Å². The highest BCUT2D eigenvalue weighted by molar-refractivity contribution is 5.87. The van der Waals surface area contributed by atoms with Crippen molar-refractivity contribution in [3.63, 3.8) is 0 Å². The molecule has 0 aliphatic rings. The maximum absolute atomic E-state index is 5.31. The van der Waals surface area contributed by atoms with E-state index < -0.39 is 0 Å². The number of hydrogen-bond donors (Lipinski definition) is 2. The third-order valence-electron chi connectivity index (χ3n) is 2.59. The molecule has 0 aliphatic carbocycles. The van der Waals surface area contributed by atoms with E-state index in [2.05, 4.69) is 20.3 Å². The molecular weight excluding hydrogens is 216 g/mol. The second kappa shape index (κ2) is 4.29. The number of H-pyrrole nitrogens is 1. The highest BCUT2D eigenvalue weighted by atomic mass is 16.3. The first-order valence-corrected chi connectivity index (χ1v) is 5.48. The van der Waals surface area contributed by atoms with Gasteiger partial charge in [0.2, 0.25) is 0 Å². The number of aromatic nitrogens is 3. The summed E-state index contributed by atoms with van der Waals surface area (Å²) in [7, 11) is 0. The highest BCUT2D eigenvalue weighted by Crippen LogP contribution is 2.21. The molecule has 5 nitrogen and oxygen atoms in total. The Hall–Kier alpha value is -2.30. The summed E-state index contributed by atoms with van der Waals surface area (Å²) in [5, 5.41) is 4.29. The first kappa shape index (κ1) is 9.89. The third-order valence-corrected chi connectivity index (χ3v) is 2.59. The van der Waals surface area contributed by atoms with Crippen LogP contribution in [0.25, 0.3) is 11.0 Å². The van der Waals surface area contributed by atoms with Gasteiger partial charge in [0.25, 0.3) is 0 Å². The second-order valence-corrected chi connectivity index (χ2v) is 3.70. The Labute approximate surface area is 97.9 Å². The zero-order valence-electron chi connectivity index (χ0n) is 9.18. The maximum atomic E-state index is 5.31. The molecule has 0 atom stereocenters. The smallest absolute Gasteiger partial charge is 0.139 e. The van der Waals surface area contributed by atoms with E-state index in [1.807, 2.05) is 18.3 Å². The van der Waals surface area contributed by atoms with E-state index in [1.165, 1.54) is 0 Å². The van der Waals surface area contributed by atoms with E-state index in [-0.39, 0.29) is 0 Å². The molecule has 3 rings (SSSR count). The summed E-state index contributed by atoms with van der Waals surface area (Å²) in [5.41, 5.74) is 0.848. The summed E-state index contributed by atoms with van der Waals surface area (Å²) >= 11 is 0. The summed E-state index contributed by atoms with van der Waals surface area (Å²) in [6, 6.07) is 3.77. The summed E-state index contributed by atoms with van der Waals surface area (Å²) in [6.07, 6.45) is 7.82. The first-order valence-electron chi connectivity index (χ1n) is 5.48. The van der Waals surface area contributed by atoms with Gasteiger partial charge in [0.15, 0.2) is 0 Å². The molecule has 17 heavy (non-hydrogen) atoms. The lowest BCUT2D eigenvalue weighted by Gasteiger charge is -2.04. The molecule has 5 heteroatoms. The van der Waals surface area contributed by atoms with Crippen molar-refractivity contribution in [2.75, 3.05) is 11.9 Å². The Kier molecular flexibility index (Phi) is 2.50. The molecule has 86 valence electrons.